The summed E-state index contributed by atoms with van der Waals surface area (Å²) in [5.41, 5.74) is 15.1. The second-order valence-corrected chi connectivity index (χ2v) is 10.4. The first kappa shape index (κ1) is 22.1. The highest BCUT2D eigenvalue weighted by Gasteiger charge is 2.27. The van der Waals surface area contributed by atoms with Crippen LogP contribution in [0.3, 0.4) is 0 Å². The predicted octanol–water partition coefficient (Wildman–Crippen LogP) is 9.37. The zero-order valence-corrected chi connectivity index (χ0v) is 21.9. The molecule has 184 valence electrons. The van der Waals surface area contributed by atoms with E-state index in [1.165, 1.54) is 44.5 Å². The number of furan rings is 1. The van der Waals surface area contributed by atoms with Crippen LogP contribution in [0.5, 0.6) is 0 Å². The minimum Gasteiger partial charge on any atom is -0.454 e. The molecule has 0 saturated heterocycles. The summed E-state index contributed by atoms with van der Waals surface area (Å²) in [5, 5.41) is 2.29. The van der Waals surface area contributed by atoms with Gasteiger partial charge in [0.1, 0.15) is 18.2 Å². The van der Waals surface area contributed by atoms with Gasteiger partial charge < -0.3 is 4.42 Å². The lowest BCUT2D eigenvalue weighted by Crippen LogP contribution is -2.30. The van der Waals surface area contributed by atoms with Gasteiger partial charge in [-0.25, -0.2) is 4.57 Å². The number of rotatable bonds is 1. The smallest absolute Gasteiger partial charge is 0.216 e. The molecule has 0 fully saturated rings. The average molecular weight is 501 g/mol. The van der Waals surface area contributed by atoms with Crippen LogP contribution in [0.2, 0.25) is 0 Å². The van der Waals surface area contributed by atoms with Crippen molar-refractivity contribution in [2.24, 2.45) is 7.05 Å². The Morgan fingerprint density at radius 3 is 1.56 bits per heavy atom. The molecule has 8 rings (SSSR count). The monoisotopic (exact) mass is 500 g/mol. The van der Waals surface area contributed by atoms with Crippen molar-refractivity contribution in [2.45, 2.75) is 6.92 Å². The van der Waals surface area contributed by atoms with Gasteiger partial charge in [-0.15, -0.1) is 0 Å². The topological polar surface area (TPSA) is 17.0 Å². The summed E-state index contributed by atoms with van der Waals surface area (Å²) in [4.78, 5) is 0. The Hall–Kier alpha value is -4.95. The van der Waals surface area contributed by atoms with E-state index in [4.69, 9.17) is 4.42 Å². The third-order valence-corrected chi connectivity index (χ3v) is 8.25. The molecular formula is C37H26NO+. The van der Waals surface area contributed by atoms with Gasteiger partial charge in [-0.05, 0) is 63.6 Å². The summed E-state index contributed by atoms with van der Waals surface area (Å²) in [6.45, 7) is 2.17. The van der Waals surface area contributed by atoms with Gasteiger partial charge in [0.05, 0.1) is 5.56 Å². The molecule has 0 N–H and O–H groups in total. The van der Waals surface area contributed by atoms with E-state index in [0.29, 0.717) is 0 Å². The molecular weight excluding hydrogens is 474 g/mol. The Morgan fingerprint density at radius 2 is 0.949 bits per heavy atom. The second-order valence-electron chi connectivity index (χ2n) is 10.4. The highest BCUT2D eigenvalue weighted by molar-refractivity contribution is 6.18. The number of benzene rings is 5. The molecule has 0 amide bonds. The maximum atomic E-state index is 7.02. The molecule has 0 bridgehead atoms. The largest absolute Gasteiger partial charge is 0.454 e. The molecule has 0 aliphatic heterocycles. The van der Waals surface area contributed by atoms with Crippen molar-refractivity contribution in [3.8, 4) is 55.8 Å². The van der Waals surface area contributed by atoms with Crippen molar-refractivity contribution in [1.29, 1.82) is 0 Å². The van der Waals surface area contributed by atoms with Crippen LogP contribution in [-0.4, -0.2) is 0 Å². The van der Waals surface area contributed by atoms with E-state index < -0.39 is 0 Å². The molecule has 2 heterocycles. The Morgan fingerprint density at radius 1 is 0.462 bits per heavy atom. The normalized spacial score (nSPS) is 11.8. The van der Waals surface area contributed by atoms with Crippen LogP contribution in [0.15, 0.2) is 126 Å². The van der Waals surface area contributed by atoms with Crippen LogP contribution in [0.1, 0.15) is 5.56 Å². The fourth-order valence-corrected chi connectivity index (χ4v) is 6.44. The molecule has 1 aliphatic rings. The first-order chi connectivity index (χ1) is 19.2. The Bertz CT molecular complexity index is 2090. The van der Waals surface area contributed by atoms with Crippen molar-refractivity contribution in [1.82, 2.24) is 0 Å². The molecule has 7 aromatic rings. The maximum absolute atomic E-state index is 7.02. The summed E-state index contributed by atoms with van der Waals surface area (Å²) in [6.07, 6.45) is 2.09. The van der Waals surface area contributed by atoms with E-state index in [9.17, 15) is 0 Å². The standard InChI is InChI=1S/C37H26NO/c1-23-18-19-31-32-21-20-30-28-15-6-5-13-26(28)24-11-3-4-12-25(24)27-14-7-8-16-29(27)35(30)37(32)39-36(31)34(23)33-17-9-10-22-38(33)2/h3-22H,1-2H3/q+1. The third kappa shape index (κ3) is 3.12. The summed E-state index contributed by atoms with van der Waals surface area (Å²) in [5.74, 6) is 0. The molecule has 0 radical (unpaired) electrons. The number of hydrogen-bond acceptors (Lipinski definition) is 1. The molecule has 5 aromatic carbocycles. The van der Waals surface area contributed by atoms with Crippen LogP contribution in [-0.2, 0) is 7.05 Å². The number of aryl methyl sites for hydroxylation is 2. The van der Waals surface area contributed by atoms with Crippen LogP contribution in [0.4, 0.5) is 0 Å². The number of nitrogens with zero attached hydrogens (tertiary/aromatic N) is 1. The van der Waals surface area contributed by atoms with E-state index in [-0.39, 0.29) is 0 Å². The van der Waals surface area contributed by atoms with Crippen molar-refractivity contribution < 1.29 is 8.98 Å². The first-order valence-corrected chi connectivity index (χ1v) is 13.4. The van der Waals surface area contributed by atoms with E-state index in [2.05, 4.69) is 140 Å². The maximum Gasteiger partial charge on any atom is 0.216 e. The number of fused-ring (bicyclic) bond motifs is 12. The fourth-order valence-electron chi connectivity index (χ4n) is 6.44. The van der Waals surface area contributed by atoms with Crippen LogP contribution < -0.4 is 4.57 Å². The molecule has 0 unspecified atom stereocenters. The summed E-state index contributed by atoms with van der Waals surface area (Å²) in [7, 11) is 2.09. The summed E-state index contributed by atoms with van der Waals surface area (Å²) in [6, 6.07) is 41.6. The molecule has 2 heteroatoms. The van der Waals surface area contributed by atoms with Crippen LogP contribution in [0, 0.1) is 6.92 Å². The molecule has 0 saturated carbocycles. The van der Waals surface area contributed by atoms with Crippen molar-refractivity contribution in [2.75, 3.05) is 0 Å². The lowest BCUT2D eigenvalue weighted by Gasteiger charge is -2.23. The summed E-state index contributed by atoms with van der Waals surface area (Å²) < 4.78 is 9.18. The Kier molecular flexibility index (Phi) is 4.68. The summed E-state index contributed by atoms with van der Waals surface area (Å²) >= 11 is 0. The Labute approximate surface area is 227 Å². The molecule has 0 atom stereocenters. The average Bonchev–Trinajstić information content (AvgIpc) is 3.35. The van der Waals surface area contributed by atoms with E-state index in [0.717, 1.165) is 38.8 Å². The van der Waals surface area contributed by atoms with Gasteiger partial charge >= 0.3 is 0 Å². The van der Waals surface area contributed by atoms with Gasteiger partial charge in [0.25, 0.3) is 0 Å². The van der Waals surface area contributed by atoms with Crippen molar-refractivity contribution in [3.63, 3.8) is 0 Å². The van der Waals surface area contributed by atoms with E-state index in [1.54, 1.807) is 0 Å². The minimum absolute atomic E-state index is 0.938. The van der Waals surface area contributed by atoms with Gasteiger partial charge in [-0.1, -0.05) is 91.0 Å². The first-order valence-electron chi connectivity index (χ1n) is 13.4. The quantitative estimate of drug-likeness (QED) is 0.205. The van der Waals surface area contributed by atoms with Gasteiger partial charge in [0, 0.05) is 28.5 Å². The van der Waals surface area contributed by atoms with Crippen LogP contribution >= 0.6 is 0 Å². The molecule has 0 spiro atoms. The number of hydrogen-bond donors (Lipinski definition) is 0. The van der Waals surface area contributed by atoms with Crippen LogP contribution in [0.25, 0.3) is 77.7 Å². The van der Waals surface area contributed by atoms with Gasteiger partial charge in [0.15, 0.2) is 6.20 Å². The highest BCUT2D eigenvalue weighted by atomic mass is 16.3. The molecule has 2 aromatic heterocycles. The minimum atomic E-state index is 0.938. The van der Waals surface area contributed by atoms with E-state index >= 15 is 0 Å². The van der Waals surface area contributed by atoms with Gasteiger partial charge in [-0.2, -0.15) is 0 Å². The lowest BCUT2D eigenvalue weighted by molar-refractivity contribution is -0.660. The zero-order chi connectivity index (χ0) is 26.1. The highest BCUT2D eigenvalue weighted by Crippen LogP contribution is 2.51. The van der Waals surface area contributed by atoms with Gasteiger partial charge in [-0.3, -0.25) is 0 Å². The second kappa shape index (κ2) is 8.28. The van der Waals surface area contributed by atoms with E-state index in [1.807, 2.05) is 0 Å². The molecule has 2 nitrogen and oxygen atoms in total. The number of pyridine rings is 1. The Balaban J connectivity index is 1.56. The fraction of sp³-hybridized carbons (Fsp3) is 0.0541. The molecule has 1 aliphatic carbocycles. The third-order valence-electron chi connectivity index (χ3n) is 8.25. The number of aromatic nitrogens is 1. The van der Waals surface area contributed by atoms with Gasteiger partial charge in [0.2, 0.25) is 5.69 Å². The van der Waals surface area contributed by atoms with Crippen molar-refractivity contribution >= 4 is 21.9 Å². The SMILES string of the molecule is Cc1ccc2c(oc3c4c(ccc32)-c2ccccc2-c2ccccc2-c2ccccc2-4)c1-c1cccc[n+]1C. The molecule has 39 heavy (non-hydrogen) atoms. The van der Waals surface area contributed by atoms with Crippen molar-refractivity contribution in [3.05, 3.63) is 127 Å². The predicted molar refractivity (Wildman–Crippen MR) is 160 cm³/mol. The lowest BCUT2D eigenvalue weighted by atomic mass is 9.80. The zero-order valence-electron chi connectivity index (χ0n) is 21.9.